The number of ether oxygens (including phenoxy) is 1. The molecule has 1 amide bonds. The number of carbonyl (C=O) groups is 1. The molecule has 1 N–H and O–H groups in total. The average Bonchev–Trinajstić information content (AvgIpc) is 2.69. The summed E-state index contributed by atoms with van der Waals surface area (Å²) < 4.78 is 31.7. The molecule has 2 aromatic rings. The number of benzene rings is 2. The van der Waals surface area contributed by atoms with Crippen LogP contribution in [0.1, 0.15) is 15.9 Å². The van der Waals surface area contributed by atoms with Gasteiger partial charge in [-0.2, -0.15) is 4.31 Å². The molecule has 0 unspecified atom stereocenters. The van der Waals surface area contributed by atoms with Gasteiger partial charge in [-0.25, -0.2) is 8.42 Å². The Balaban J connectivity index is 1.59. The van der Waals surface area contributed by atoms with Gasteiger partial charge in [-0.1, -0.05) is 30.3 Å². The van der Waals surface area contributed by atoms with Crippen molar-refractivity contribution in [1.82, 2.24) is 9.62 Å². The van der Waals surface area contributed by atoms with Crippen molar-refractivity contribution in [3.8, 4) is 0 Å². The van der Waals surface area contributed by atoms with Crippen LogP contribution in [0.15, 0.2) is 59.5 Å². The van der Waals surface area contributed by atoms with E-state index >= 15 is 0 Å². The summed E-state index contributed by atoms with van der Waals surface area (Å²) in [6, 6.07) is 16.0. The SMILES string of the molecule is O=C(NCCc1ccccc1)c1ccc(S(=O)(=O)N2CCOCC2)cc1. The van der Waals surface area contributed by atoms with E-state index in [1.54, 1.807) is 12.1 Å². The molecule has 1 aliphatic rings. The lowest BCUT2D eigenvalue weighted by Gasteiger charge is -2.26. The van der Waals surface area contributed by atoms with Crippen molar-refractivity contribution in [1.29, 1.82) is 0 Å². The Morgan fingerprint density at radius 2 is 1.65 bits per heavy atom. The lowest BCUT2D eigenvalue weighted by molar-refractivity contribution is 0.0730. The van der Waals surface area contributed by atoms with E-state index in [0.29, 0.717) is 38.4 Å². The van der Waals surface area contributed by atoms with Crippen LogP contribution in [0, 0.1) is 0 Å². The molecule has 0 aromatic heterocycles. The first-order chi connectivity index (χ1) is 12.6. The van der Waals surface area contributed by atoms with Crippen LogP contribution < -0.4 is 5.32 Å². The monoisotopic (exact) mass is 374 g/mol. The normalized spacial score (nSPS) is 15.5. The maximum Gasteiger partial charge on any atom is 0.251 e. The third-order valence-electron chi connectivity index (χ3n) is 4.27. The van der Waals surface area contributed by atoms with Gasteiger partial charge in [-0.3, -0.25) is 4.79 Å². The summed E-state index contributed by atoms with van der Waals surface area (Å²) in [6.45, 7) is 2.03. The fraction of sp³-hybridized carbons (Fsp3) is 0.316. The Labute approximate surface area is 153 Å². The third kappa shape index (κ3) is 4.49. The third-order valence-corrected chi connectivity index (χ3v) is 6.18. The van der Waals surface area contributed by atoms with Crippen molar-refractivity contribution in [3.63, 3.8) is 0 Å². The summed E-state index contributed by atoms with van der Waals surface area (Å²) in [5.74, 6) is -0.212. The molecule has 138 valence electrons. The topological polar surface area (TPSA) is 75.7 Å². The zero-order valence-electron chi connectivity index (χ0n) is 14.4. The molecule has 0 spiro atoms. The van der Waals surface area contributed by atoms with E-state index < -0.39 is 10.0 Å². The van der Waals surface area contributed by atoms with Crippen molar-refractivity contribution in [2.45, 2.75) is 11.3 Å². The second-order valence-corrected chi connectivity index (χ2v) is 7.97. The van der Waals surface area contributed by atoms with Gasteiger partial charge in [0.25, 0.3) is 5.91 Å². The Kier molecular flexibility index (Phi) is 6.03. The van der Waals surface area contributed by atoms with Crippen LogP contribution in [0.25, 0.3) is 0 Å². The standard InChI is InChI=1S/C19H22N2O4S/c22-19(20-11-10-16-4-2-1-3-5-16)17-6-8-18(9-7-17)26(23,24)21-12-14-25-15-13-21/h1-9H,10-15H2,(H,20,22). The molecule has 1 heterocycles. The van der Waals surface area contributed by atoms with E-state index in [4.69, 9.17) is 4.74 Å². The molecular formula is C19H22N2O4S. The maximum atomic E-state index is 12.6. The summed E-state index contributed by atoms with van der Waals surface area (Å²) in [5.41, 5.74) is 1.60. The molecule has 26 heavy (non-hydrogen) atoms. The molecule has 0 aliphatic carbocycles. The highest BCUT2D eigenvalue weighted by molar-refractivity contribution is 7.89. The van der Waals surface area contributed by atoms with Crippen molar-refractivity contribution in [2.75, 3.05) is 32.8 Å². The van der Waals surface area contributed by atoms with E-state index in [0.717, 1.165) is 12.0 Å². The van der Waals surface area contributed by atoms with Gasteiger partial charge >= 0.3 is 0 Å². The van der Waals surface area contributed by atoms with Crippen molar-refractivity contribution in [2.24, 2.45) is 0 Å². The number of sulfonamides is 1. The van der Waals surface area contributed by atoms with Crippen LogP contribution in [0.3, 0.4) is 0 Å². The number of amides is 1. The largest absolute Gasteiger partial charge is 0.379 e. The first-order valence-electron chi connectivity index (χ1n) is 8.57. The smallest absolute Gasteiger partial charge is 0.251 e. The highest BCUT2D eigenvalue weighted by atomic mass is 32.2. The Hall–Kier alpha value is -2.22. The summed E-state index contributed by atoms with van der Waals surface area (Å²) in [4.78, 5) is 12.4. The molecule has 0 bridgehead atoms. The van der Waals surface area contributed by atoms with Crippen molar-refractivity contribution < 1.29 is 17.9 Å². The van der Waals surface area contributed by atoms with E-state index in [2.05, 4.69) is 5.32 Å². The van der Waals surface area contributed by atoms with E-state index in [-0.39, 0.29) is 10.8 Å². The van der Waals surface area contributed by atoms with Crippen LogP contribution >= 0.6 is 0 Å². The summed E-state index contributed by atoms with van der Waals surface area (Å²) in [7, 11) is -3.54. The Bertz CT molecular complexity index is 830. The van der Waals surface area contributed by atoms with Gasteiger partial charge in [0.1, 0.15) is 0 Å². The molecule has 0 atom stereocenters. The Morgan fingerprint density at radius 1 is 1.00 bits per heavy atom. The minimum Gasteiger partial charge on any atom is -0.379 e. The zero-order valence-corrected chi connectivity index (χ0v) is 15.2. The van der Waals surface area contributed by atoms with Gasteiger partial charge in [0.2, 0.25) is 10.0 Å². The minimum atomic E-state index is -3.54. The van der Waals surface area contributed by atoms with Crippen LogP contribution in [0.2, 0.25) is 0 Å². The number of nitrogens with one attached hydrogen (secondary N) is 1. The van der Waals surface area contributed by atoms with E-state index in [1.165, 1.54) is 16.4 Å². The summed E-state index contributed by atoms with van der Waals surface area (Å²) in [5, 5.41) is 2.85. The van der Waals surface area contributed by atoms with Crippen LogP contribution in [0.5, 0.6) is 0 Å². The van der Waals surface area contributed by atoms with E-state index in [1.807, 2.05) is 30.3 Å². The summed E-state index contributed by atoms with van der Waals surface area (Å²) >= 11 is 0. The molecule has 0 saturated carbocycles. The van der Waals surface area contributed by atoms with Gasteiger partial charge < -0.3 is 10.1 Å². The molecule has 0 radical (unpaired) electrons. The van der Waals surface area contributed by atoms with Crippen molar-refractivity contribution in [3.05, 3.63) is 65.7 Å². The molecule has 2 aromatic carbocycles. The number of nitrogens with zero attached hydrogens (tertiary/aromatic N) is 1. The average molecular weight is 374 g/mol. The van der Waals surface area contributed by atoms with Gasteiger partial charge in [0.15, 0.2) is 0 Å². The molecular weight excluding hydrogens is 352 g/mol. The quantitative estimate of drug-likeness (QED) is 0.835. The molecule has 3 rings (SSSR count). The zero-order chi connectivity index (χ0) is 18.4. The highest BCUT2D eigenvalue weighted by Crippen LogP contribution is 2.17. The number of rotatable bonds is 6. The predicted octanol–water partition coefficient (Wildman–Crippen LogP) is 1.68. The minimum absolute atomic E-state index is 0.195. The van der Waals surface area contributed by atoms with Gasteiger partial charge in [0, 0.05) is 25.2 Å². The van der Waals surface area contributed by atoms with Crippen molar-refractivity contribution >= 4 is 15.9 Å². The molecule has 7 heteroatoms. The van der Waals surface area contributed by atoms with Crippen LogP contribution in [-0.2, 0) is 21.2 Å². The first kappa shape index (κ1) is 18.6. The summed E-state index contributed by atoms with van der Waals surface area (Å²) in [6.07, 6.45) is 0.746. The Morgan fingerprint density at radius 3 is 2.31 bits per heavy atom. The number of hydrogen-bond acceptors (Lipinski definition) is 4. The van der Waals surface area contributed by atoms with Gasteiger partial charge in [0.05, 0.1) is 18.1 Å². The lowest BCUT2D eigenvalue weighted by atomic mass is 10.1. The fourth-order valence-electron chi connectivity index (χ4n) is 2.78. The number of morpholine rings is 1. The molecule has 1 aliphatic heterocycles. The predicted molar refractivity (Wildman–Crippen MR) is 98.5 cm³/mol. The lowest BCUT2D eigenvalue weighted by Crippen LogP contribution is -2.40. The molecule has 1 saturated heterocycles. The number of hydrogen-bond donors (Lipinski definition) is 1. The van der Waals surface area contributed by atoms with Crippen LogP contribution in [0.4, 0.5) is 0 Å². The second kappa shape index (κ2) is 8.44. The first-order valence-corrected chi connectivity index (χ1v) is 10.0. The number of carbonyl (C=O) groups excluding carboxylic acids is 1. The fourth-order valence-corrected chi connectivity index (χ4v) is 4.19. The highest BCUT2D eigenvalue weighted by Gasteiger charge is 2.26. The molecule has 1 fully saturated rings. The second-order valence-electron chi connectivity index (χ2n) is 6.03. The van der Waals surface area contributed by atoms with Gasteiger partial charge in [-0.15, -0.1) is 0 Å². The maximum absolute atomic E-state index is 12.6. The van der Waals surface area contributed by atoms with Crippen LogP contribution in [-0.4, -0.2) is 51.5 Å². The van der Waals surface area contributed by atoms with E-state index in [9.17, 15) is 13.2 Å². The molecule has 6 nitrogen and oxygen atoms in total. The van der Waals surface area contributed by atoms with Gasteiger partial charge in [-0.05, 0) is 36.2 Å².